The average Bonchev–Trinajstić information content (AvgIpc) is 2.31. The number of aliphatic hydroxyl groups excluding tert-OH is 1. The van der Waals surface area contributed by atoms with Crippen molar-refractivity contribution in [2.45, 2.75) is 6.54 Å². The predicted molar refractivity (Wildman–Crippen MR) is 65.6 cm³/mol. The number of ether oxygens (including phenoxy) is 1. The van der Waals surface area contributed by atoms with Crippen molar-refractivity contribution in [2.24, 2.45) is 0 Å². The maximum Gasteiger partial charge on any atom is 0.123 e. The molecule has 0 heterocycles. The minimum absolute atomic E-state index is 0.0522. The third kappa shape index (κ3) is 5.00. The SMILES string of the molecule is COCCN(CCO)Cc1cc(F)ccc1Cl. The molecule has 5 heteroatoms. The van der Waals surface area contributed by atoms with Crippen LogP contribution in [0.5, 0.6) is 0 Å². The first-order valence-corrected chi connectivity index (χ1v) is 5.81. The number of benzene rings is 1. The van der Waals surface area contributed by atoms with Crippen LogP contribution >= 0.6 is 11.6 Å². The summed E-state index contributed by atoms with van der Waals surface area (Å²) in [5.41, 5.74) is 0.719. The van der Waals surface area contributed by atoms with Crippen molar-refractivity contribution >= 4 is 11.6 Å². The standard InChI is InChI=1S/C12H17ClFNO2/c1-17-7-5-15(4-6-16)9-10-8-11(14)2-3-12(10)13/h2-3,8,16H,4-7,9H2,1H3. The largest absolute Gasteiger partial charge is 0.395 e. The zero-order valence-electron chi connectivity index (χ0n) is 9.83. The summed E-state index contributed by atoms with van der Waals surface area (Å²) in [5, 5.41) is 9.48. The van der Waals surface area contributed by atoms with Crippen LogP contribution in [-0.4, -0.2) is 43.4 Å². The van der Waals surface area contributed by atoms with E-state index in [9.17, 15) is 4.39 Å². The molecular weight excluding hydrogens is 245 g/mol. The first-order valence-electron chi connectivity index (χ1n) is 5.43. The second-order valence-electron chi connectivity index (χ2n) is 3.73. The number of hydrogen-bond donors (Lipinski definition) is 1. The number of aliphatic hydroxyl groups is 1. The van der Waals surface area contributed by atoms with Crippen LogP contribution in [0.2, 0.25) is 5.02 Å². The van der Waals surface area contributed by atoms with Crippen LogP contribution in [0.3, 0.4) is 0 Å². The summed E-state index contributed by atoms with van der Waals surface area (Å²) in [6.07, 6.45) is 0. The number of hydrogen-bond acceptors (Lipinski definition) is 3. The summed E-state index contributed by atoms with van der Waals surface area (Å²) in [4.78, 5) is 1.96. The molecule has 1 aromatic carbocycles. The van der Waals surface area contributed by atoms with E-state index in [0.29, 0.717) is 31.3 Å². The summed E-state index contributed by atoms with van der Waals surface area (Å²) >= 11 is 5.99. The molecule has 0 aliphatic rings. The van der Waals surface area contributed by atoms with Crippen molar-refractivity contribution < 1.29 is 14.2 Å². The molecule has 0 aliphatic heterocycles. The van der Waals surface area contributed by atoms with Crippen LogP contribution in [-0.2, 0) is 11.3 Å². The van der Waals surface area contributed by atoms with E-state index in [0.717, 1.165) is 5.56 Å². The van der Waals surface area contributed by atoms with Gasteiger partial charge in [-0.15, -0.1) is 0 Å². The van der Waals surface area contributed by atoms with E-state index in [2.05, 4.69) is 0 Å². The van der Waals surface area contributed by atoms with Crippen molar-refractivity contribution in [3.63, 3.8) is 0 Å². The van der Waals surface area contributed by atoms with E-state index >= 15 is 0 Å². The van der Waals surface area contributed by atoms with Gasteiger partial charge in [-0.25, -0.2) is 4.39 Å². The molecule has 0 bridgehead atoms. The molecular formula is C12H17ClFNO2. The van der Waals surface area contributed by atoms with Crippen LogP contribution in [0.4, 0.5) is 4.39 Å². The number of halogens is 2. The Hall–Kier alpha value is -0.680. The van der Waals surface area contributed by atoms with Gasteiger partial charge in [0.15, 0.2) is 0 Å². The molecule has 0 spiro atoms. The topological polar surface area (TPSA) is 32.7 Å². The Labute approximate surface area is 106 Å². The van der Waals surface area contributed by atoms with Gasteiger partial charge in [-0.2, -0.15) is 0 Å². The number of methoxy groups -OCH3 is 1. The summed E-state index contributed by atoms with van der Waals surface area (Å²) in [6.45, 7) is 2.30. The average molecular weight is 262 g/mol. The van der Waals surface area contributed by atoms with Gasteiger partial charge in [0.25, 0.3) is 0 Å². The van der Waals surface area contributed by atoms with Crippen LogP contribution in [0.25, 0.3) is 0 Å². The minimum Gasteiger partial charge on any atom is -0.395 e. The quantitative estimate of drug-likeness (QED) is 0.814. The predicted octanol–water partition coefficient (Wildman–Crippen LogP) is 1.92. The summed E-state index contributed by atoms with van der Waals surface area (Å²) in [6, 6.07) is 4.29. The van der Waals surface area contributed by atoms with Gasteiger partial charge in [-0.05, 0) is 23.8 Å². The summed E-state index contributed by atoms with van der Waals surface area (Å²) in [5.74, 6) is -0.305. The molecule has 0 radical (unpaired) electrons. The number of nitrogens with zero attached hydrogens (tertiary/aromatic N) is 1. The van der Waals surface area contributed by atoms with Gasteiger partial charge < -0.3 is 9.84 Å². The zero-order valence-corrected chi connectivity index (χ0v) is 10.6. The Morgan fingerprint density at radius 2 is 2.18 bits per heavy atom. The Bertz CT molecular complexity index is 349. The van der Waals surface area contributed by atoms with E-state index in [1.54, 1.807) is 13.2 Å². The lowest BCUT2D eigenvalue weighted by molar-refractivity contribution is 0.127. The highest BCUT2D eigenvalue weighted by Crippen LogP contribution is 2.18. The molecule has 1 N–H and O–H groups in total. The molecule has 1 aromatic rings. The zero-order chi connectivity index (χ0) is 12.7. The molecule has 1 rings (SSSR count). The normalized spacial score (nSPS) is 11.1. The van der Waals surface area contributed by atoms with Crippen LogP contribution < -0.4 is 0 Å². The Morgan fingerprint density at radius 1 is 1.41 bits per heavy atom. The van der Waals surface area contributed by atoms with Gasteiger partial charge in [0.1, 0.15) is 5.82 Å². The molecule has 0 fully saturated rings. The maximum atomic E-state index is 13.1. The second kappa shape index (κ2) is 7.61. The fourth-order valence-electron chi connectivity index (χ4n) is 1.54. The molecule has 0 amide bonds. The van der Waals surface area contributed by atoms with Crippen molar-refractivity contribution in [3.8, 4) is 0 Å². The highest BCUT2D eigenvalue weighted by Gasteiger charge is 2.09. The van der Waals surface area contributed by atoms with Gasteiger partial charge in [-0.1, -0.05) is 11.6 Å². The lowest BCUT2D eigenvalue weighted by Crippen LogP contribution is -2.30. The third-order valence-electron chi connectivity index (χ3n) is 2.43. The van der Waals surface area contributed by atoms with E-state index in [1.807, 2.05) is 4.90 Å². The van der Waals surface area contributed by atoms with E-state index in [4.69, 9.17) is 21.4 Å². The highest BCUT2D eigenvalue weighted by atomic mass is 35.5. The lowest BCUT2D eigenvalue weighted by atomic mass is 10.2. The Morgan fingerprint density at radius 3 is 2.82 bits per heavy atom. The molecule has 0 unspecified atom stereocenters. The molecule has 0 saturated carbocycles. The molecule has 0 atom stereocenters. The van der Waals surface area contributed by atoms with Crippen molar-refractivity contribution in [2.75, 3.05) is 33.4 Å². The van der Waals surface area contributed by atoms with E-state index in [1.165, 1.54) is 12.1 Å². The Balaban J connectivity index is 2.67. The van der Waals surface area contributed by atoms with Gasteiger partial charge in [0, 0.05) is 31.8 Å². The monoisotopic (exact) mass is 261 g/mol. The first kappa shape index (κ1) is 14.4. The Kier molecular flexibility index (Phi) is 6.44. The molecule has 0 aromatic heterocycles. The van der Waals surface area contributed by atoms with Gasteiger partial charge in [-0.3, -0.25) is 4.90 Å². The van der Waals surface area contributed by atoms with E-state index in [-0.39, 0.29) is 12.4 Å². The first-order chi connectivity index (χ1) is 8.17. The highest BCUT2D eigenvalue weighted by molar-refractivity contribution is 6.31. The van der Waals surface area contributed by atoms with Crippen molar-refractivity contribution in [1.82, 2.24) is 4.90 Å². The molecule has 17 heavy (non-hydrogen) atoms. The van der Waals surface area contributed by atoms with Crippen LogP contribution in [0, 0.1) is 5.82 Å². The smallest absolute Gasteiger partial charge is 0.123 e. The summed E-state index contributed by atoms with van der Waals surface area (Å²) < 4.78 is 18.1. The lowest BCUT2D eigenvalue weighted by Gasteiger charge is -2.21. The van der Waals surface area contributed by atoms with Crippen LogP contribution in [0.15, 0.2) is 18.2 Å². The second-order valence-corrected chi connectivity index (χ2v) is 4.14. The molecule has 3 nitrogen and oxygen atoms in total. The van der Waals surface area contributed by atoms with Crippen molar-refractivity contribution in [1.29, 1.82) is 0 Å². The van der Waals surface area contributed by atoms with Gasteiger partial charge in [0.05, 0.1) is 13.2 Å². The van der Waals surface area contributed by atoms with E-state index < -0.39 is 0 Å². The van der Waals surface area contributed by atoms with Gasteiger partial charge >= 0.3 is 0 Å². The van der Waals surface area contributed by atoms with Crippen molar-refractivity contribution in [3.05, 3.63) is 34.6 Å². The molecule has 0 saturated heterocycles. The van der Waals surface area contributed by atoms with Crippen LogP contribution in [0.1, 0.15) is 5.56 Å². The third-order valence-corrected chi connectivity index (χ3v) is 2.80. The minimum atomic E-state index is -0.305. The number of rotatable bonds is 7. The molecule has 0 aliphatic carbocycles. The fourth-order valence-corrected chi connectivity index (χ4v) is 1.71. The fraction of sp³-hybridized carbons (Fsp3) is 0.500. The molecule has 96 valence electrons. The maximum absolute atomic E-state index is 13.1. The van der Waals surface area contributed by atoms with Gasteiger partial charge in [0.2, 0.25) is 0 Å². The summed E-state index contributed by atoms with van der Waals surface area (Å²) in [7, 11) is 1.62.